The molecule has 0 radical (unpaired) electrons. The van der Waals surface area contributed by atoms with E-state index >= 15 is 0 Å². The molecule has 2 aromatic rings. The zero-order valence-electron chi connectivity index (χ0n) is 11.5. The van der Waals surface area contributed by atoms with E-state index in [2.05, 4.69) is 20.0 Å². The number of nitro groups is 1. The maximum Gasteiger partial charge on any atom is 0.387 e. The number of aryl methyl sites for hydroxylation is 1. The number of ether oxygens (including phenoxy) is 1. The molecule has 0 spiro atoms. The first-order valence-electron chi connectivity index (χ1n) is 6.21. The quantitative estimate of drug-likeness (QED) is 0.651. The van der Waals surface area contributed by atoms with Crippen LogP contribution in [0.5, 0.6) is 5.75 Å². The van der Waals surface area contributed by atoms with Crippen LogP contribution in [0.3, 0.4) is 0 Å². The Kier molecular flexibility index (Phi) is 4.77. The lowest BCUT2D eigenvalue weighted by Gasteiger charge is -2.08. The highest BCUT2D eigenvalue weighted by molar-refractivity contribution is 5.59. The fraction of sp³-hybridized carbons (Fsp3) is 0.231. The third-order valence-electron chi connectivity index (χ3n) is 2.77. The molecule has 0 saturated carbocycles. The predicted octanol–water partition coefficient (Wildman–Crippen LogP) is 2.91. The van der Waals surface area contributed by atoms with Gasteiger partial charge >= 0.3 is 12.3 Å². The first-order chi connectivity index (χ1) is 10.5. The minimum atomic E-state index is -2.91. The van der Waals surface area contributed by atoms with E-state index in [1.54, 1.807) is 6.92 Å². The average molecular weight is 310 g/mol. The van der Waals surface area contributed by atoms with Gasteiger partial charge in [-0.1, -0.05) is 0 Å². The topological polar surface area (TPSA) is 90.2 Å². The number of hydrogen-bond donors (Lipinski definition) is 1. The van der Waals surface area contributed by atoms with Crippen molar-refractivity contribution >= 4 is 11.5 Å². The first-order valence-corrected chi connectivity index (χ1v) is 6.21. The van der Waals surface area contributed by atoms with Gasteiger partial charge in [0.2, 0.25) is 5.82 Å². The largest absolute Gasteiger partial charge is 0.433 e. The summed E-state index contributed by atoms with van der Waals surface area (Å²) in [5.74, 6) is 0.0677. The van der Waals surface area contributed by atoms with Crippen LogP contribution >= 0.6 is 0 Å². The lowest BCUT2D eigenvalue weighted by Crippen LogP contribution is -2.07. The Bertz CT molecular complexity index is 665. The molecule has 116 valence electrons. The zero-order chi connectivity index (χ0) is 16.1. The molecule has 0 fully saturated rings. The van der Waals surface area contributed by atoms with Crippen molar-refractivity contribution in [2.45, 2.75) is 20.1 Å². The minimum Gasteiger partial charge on any atom is -0.433 e. The van der Waals surface area contributed by atoms with Crippen molar-refractivity contribution in [2.24, 2.45) is 0 Å². The zero-order valence-corrected chi connectivity index (χ0v) is 11.5. The molecule has 2 rings (SSSR count). The van der Waals surface area contributed by atoms with E-state index in [4.69, 9.17) is 0 Å². The monoisotopic (exact) mass is 310 g/mol. The van der Waals surface area contributed by atoms with Gasteiger partial charge in [0.15, 0.2) is 0 Å². The van der Waals surface area contributed by atoms with E-state index < -0.39 is 11.5 Å². The SMILES string of the molecule is Cc1ccnc(NCc2ccc(OC(F)F)cn2)c1[N+](=O)[O-]. The van der Waals surface area contributed by atoms with Gasteiger partial charge in [0.25, 0.3) is 0 Å². The Morgan fingerprint density at radius 3 is 2.73 bits per heavy atom. The lowest BCUT2D eigenvalue weighted by molar-refractivity contribution is -0.384. The Balaban J connectivity index is 2.07. The van der Waals surface area contributed by atoms with Crippen molar-refractivity contribution < 1.29 is 18.4 Å². The van der Waals surface area contributed by atoms with Gasteiger partial charge in [-0.25, -0.2) is 4.98 Å². The van der Waals surface area contributed by atoms with Crippen LogP contribution in [0.2, 0.25) is 0 Å². The number of aromatic nitrogens is 2. The number of anilines is 1. The third-order valence-corrected chi connectivity index (χ3v) is 2.77. The molecule has 0 unspecified atom stereocenters. The molecule has 0 aromatic carbocycles. The summed E-state index contributed by atoms with van der Waals surface area (Å²) in [6.07, 6.45) is 2.61. The Hall–Kier alpha value is -2.84. The molecule has 22 heavy (non-hydrogen) atoms. The van der Waals surface area contributed by atoms with Crippen molar-refractivity contribution in [2.75, 3.05) is 5.32 Å². The molecule has 0 bridgehead atoms. The molecule has 2 aromatic heterocycles. The number of alkyl halides is 2. The van der Waals surface area contributed by atoms with Crippen molar-refractivity contribution in [1.82, 2.24) is 9.97 Å². The standard InChI is InChI=1S/C13H12F2N4O3/c1-8-4-5-16-12(11(8)19(20)21)18-6-9-2-3-10(7-17-9)22-13(14)15/h2-5,7,13H,6H2,1H3,(H,16,18). The normalized spacial score (nSPS) is 10.5. The number of nitrogens with one attached hydrogen (secondary N) is 1. The second-order valence-electron chi connectivity index (χ2n) is 4.30. The van der Waals surface area contributed by atoms with E-state index in [1.165, 1.54) is 24.4 Å². The van der Waals surface area contributed by atoms with Gasteiger partial charge in [0.1, 0.15) is 5.75 Å². The molecule has 0 saturated heterocycles. The van der Waals surface area contributed by atoms with E-state index in [0.717, 1.165) is 6.20 Å². The molecule has 9 heteroatoms. The highest BCUT2D eigenvalue weighted by Gasteiger charge is 2.18. The maximum atomic E-state index is 12.0. The molecular weight excluding hydrogens is 298 g/mol. The molecule has 0 aliphatic carbocycles. The first kappa shape index (κ1) is 15.5. The van der Waals surface area contributed by atoms with Gasteiger partial charge in [0.05, 0.1) is 23.4 Å². The molecule has 0 aliphatic rings. The second-order valence-corrected chi connectivity index (χ2v) is 4.30. The summed E-state index contributed by atoms with van der Waals surface area (Å²) in [5.41, 5.74) is 0.871. The Labute approximate surface area is 124 Å². The summed E-state index contributed by atoms with van der Waals surface area (Å²) in [5, 5.41) is 13.8. The van der Waals surface area contributed by atoms with Crippen molar-refractivity contribution in [3.8, 4) is 5.75 Å². The summed E-state index contributed by atoms with van der Waals surface area (Å²) in [6.45, 7) is -1.14. The van der Waals surface area contributed by atoms with Crippen LogP contribution in [0.1, 0.15) is 11.3 Å². The highest BCUT2D eigenvalue weighted by atomic mass is 19.3. The lowest BCUT2D eigenvalue weighted by atomic mass is 10.2. The van der Waals surface area contributed by atoms with Gasteiger partial charge < -0.3 is 10.1 Å². The van der Waals surface area contributed by atoms with Crippen LogP contribution in [0.15, 0.2) is 30.6 Å². The van der Waals surface area contributed by atoms with Crippen LogP contribution in [0, 0.1) is 17.0 Å². The molecule has 0 aliphatic heterocycles. The fourth-order valence-electron chi connectivity index (χ4n) is 1.77. The van der Waals surface area contributed by atoms with Crippen LogP contribution in [-0.4, -0.2) is 21.5 Å². The minimum absolute atomic E-state index is 0.0570. The van der Waals surface area contributed by atoms with Crippen LogP contribution in [-0.2, 0) is 6.54 Å². The Morgan fingerprint density at radius 2 is 2.14 bits per heavy atom. The van der Waals surface area contributed by atoms with E-state index in [1.807, 2.05) is 0 Å². The number of nitrogens with zero attached hydrogens (tertiary/aromatic N) is 3. The smallest absolute Gasteiger partial charge is 0.387 e. The average Bonchev–Trinajstić information content (AvgIpc) is 2.45. The summed E-state index contributed by atoms with van der Waals surface area (Å²) < 4.78 is 28.2. The number of rotatable bonds is 6. The van der Waals surface area contributed by atoms with E-state index in [9.17, 15) is 18.9 Å². The number of pyridine rings is 2. The fourth-order valence-corrected chi connectivity index (χ4v) is 1.77. The van der Waals surface area contributed by atoms with Gasteiger partial charge in [0, 0.05) is 11.8 Å². The second kappa shape index (κ2) is 6.74. The summed E-state index contributed by atoms with van der Waals surface area (Å²) in [6, 6.07) is 4.36. The Morgan fingerprint density at radius 1 is 1.36 bits per heavy atom. The summed E-state index contributed by atoms with van der Waals surface area (Å²) >= 11 is 0. The van der Waals surface area contributed by atoms with Crippen molar-refractivity contribution in [3.63, 3.8) is 0 Å². The molecule has 0 amide bonds. The predicted molar refractivity (Wildman–Crippen MR) is 73.8 cm³/mol. The molecule has 1 N–H and O–H groups in total. The van der Waals surface area contributed by atoms with Gasteiger partial charge in [-0.15, -0.1) is 0 Å². The van der Waals surface area contributed by atoms with Gasteiger partial charge in [-0.2, -0.15) is 8.78 Å². The van der Waals surface area contributed by atoms with Crippen molar-refractivity contribution in [1.29, 1.82) is 0 Å². The van der Waals surface area contributed by atoms with Crippen LogP contribution in [0.4, 0.5) is 20.3 Å². The van der Waals surface area contributed by atoms with E-state index in [-0.39, 0.29) is 23.8 Å². The number of hydrogen-bond acceptors (Lipinski definition) is 6. The maximum absolute atomic E-state index is 12.0. The molecule has 2 heterocycles. The third kappa shape index (κ3) is 3.84. The van der Waals surface area contributed by atoms with Crippen LogP contribution < -0.4 is 10.1 Å². The van der Waals surface area contributed by atoms with Crippen molar-refractivity contribution in [3.05, 3.63) is 52.0 Å². The number of halogens is 2. The highest BCUT2D eigenvalue weighted by Crippen LogP contribution is 2.25. The molecular formula is C13H12F2N4O3. The molecule has 7 nitrogen and oxygen atoms in total. The summed E-state index contributed by atoms with van der Waals surface area (Å²) in [4.78, 5) is 18.4. The molecule has 0 atom stereocenters. The van der Waals surface area contributed by atoms with Gasteiger partial charge in [-0.05, 0) is 25.1 Å². The summed E-state index contributed by atoms with van der Waals surface area (Å²) in [7, 11) is 0. The van der Waals surface area contributed by atoms with Gasteiger partial charge in [-0.3, -0.25) is 15.1 Å². The van der Waals surface area contributed by atoms with E-state index in [0.29, 0.717) is 11.3 Å². The van der Waals surface area contributed by atoms with Crippen LogP contribution in [0.25, 0.3) is 0 Å².